The van der Waals surface area contributed by atoms with E-state index in [-0.39, 0.29) is 23.0 Å². The zero-order chi connectivity index (χ0) is 30.9. The molecule has 250 valence electrons. The standard InChI is InChI=1S/C39H64O5/c1-25-21-37(18-13-27(22-37)14-19-38(43)16-7-10-31(41)23-38)35-36(3,44-35)17-15-33-32(25)24-39(33,29-8-5-4-6-9-29)30-12-11-28(20-30)34(42)26(2)40/h26-35,40-43H,1,4-24H2,2-3H3. The van der Waals surface area contributed by atoms with E-state index in [1.165, 1.54) is 76.2 Å². The van der Waals surface area contributed by atoms with E-state index in [2.05, 4.69) is 6.92 Å². The first-order valence-electron chi connectivity index (χ1n) is 19.1. The average Bonchev–Trinajstić information content (AvgIpc) is 3.28. The fourth-order valence-corrected chi connectivity index (χ4v) is 13.1. The third-order valence-corrected chi connectivity index (χ3v) is 15.4. The van der Waals surface area contributed by atoms with Crippen molar-refractivity contribution >= 4 is 0 Å². The van der Waals surface area contributed by atoms with Gasteiger partial charge in [0.2, 0.25) is 0 Å². The van der Waals surface area contributed by atoms with Gasteiger partial charge in [0.15, 0.2) is 0 Å². The molecule has 1 spiro atoms. The molecule has 5 nitrogen and oxygen atoms in total. The molecular weight excluding hydrogens is 548 g/mol. The second-order valence-electron chi connectivity index (χ2n) is 18.0. The van der Waals surface area contributed by atoms with Crippen molar-refractivity contribution in [2.45, 2.75) is 184 Å². The van der Waals surface area contributed by atoms with Crippen molar-refractivity contribution in [2.75, 3.05) is 0 Å². The lowest BCUT2D eigenvalue weighted by Gasteiger charge is -2.64. The monoisotopic (exact) mass is 612 g/mol. The Hall–Kier alpha value is -0.460. The molecule has 1 heterocycles. The molecule has 1 aliphatic heterocycles. The van der Waals surface area contributed by atoms with Gasteiger partial charge in [-0.25, -0.2) is 0 Å². The van der Waals surface area contributed by atoms with Crippen LogP contribution < -0.4 is 0 Å². The van der Waals surface area contributed by atoms with Crippen molar-refractivity contribution in [1.29, 1.82) is 0 Å². The summed E-state index contributed by atoms with van der Waals surface area (Å²) in [5, 5.41) is 42.5. The third kappa shape index (κ3) is 5.59. The minimum absolute atomic E-state index is 0.00956. The first kappa shape index (κ1) is 32.1. The normalized spacial score (nSPS) is 51.0. The predicted molar refractivity (Wildman–Crippen MR) is 174 cm³/mol. The molecule has 0 amide bonds. The summed E-state index contributed by atoms with van der Waals surface area (Å²) in [6.07, 6.45) is 22.6. The maximum absolute atomic E-state index is 11.2. The van der Waals surface area contributed by atoms with Gasteiger partial charge in [0.25, 0.3) is 0 Å². The fraction of sp³-hybridized carbons (Fsp3) is 0.949. The number of fused-ring (bicyclic) bond motifs is 3. The van der Waals surface area contributed by atoms with E-state index < -0.39 is 17.8 Å². The van der Waals surface area contributed by atoms with Crippen LogP contribution >= 0.6 is 0 Å². The van der Waals surface area contributed by atoms with Gasteiger partial charge >= 0.3 is 0 Å². The van der Waals surface area contributed by atoms with E-state index in [4.69, 9.17) is 11.3 Å². The minimum atomic E-state index is -0.674. The zero-order valence-corrected chi connectivity index (χ0v) is 28.0. The number of aliphatic hydroxyl groups excluding tert-OH is 3. The van der Waals surface area contributed by atoms with Gasteiger partial charge in [0, 0.05) is 11.8 Å². The van der Waals surface area contributed by atoms with Crippen molar-refractivity contribution in [3.63, 3.8) is 0 Å². The largest absolute Gasteiger partial charge is 0.393 e. The molecule has 0 aromatic rings. The maximum atomic E-state index is 11.2. The Morgan fingerprint density at radius 2 is 1.68 bits per heavy atom. The molecule has 44 heavy (non-hydrogen) atoms. The number of hydrogen-bond acceptors (Lipinski definition) is 5. The molecule has 0 radical (unpaired) electrons. The summed E-state index contributed by atoms with van der Waals surface area (Å²) >= 11 is 0. The van der Waals surface area contributed by atoms with Crippen LogP contribution in [0.4, 0.5) is 0 Å². The second kappa shape index (κ2) is 11.9. The molecule has 7 aliphatic rings. The van der Waals surface area contributed by atoms with Crippen LogP contribution in [0.1, 0.15) is 149 Å². The van der Waals surface area contributed by atoms with Gasteiger partial charge in [-0.1, -0.05) is 31.4 Å². The molecule has 0 aromatic heterocycles. The van der Waals surface area contributed by atoms with Crippen molar-refractivity contribution in [3.8, 4) is 0 Å². The fourth-order valence-electron chi connectivity index (χ4n) is 13.1. The second-order valence-corrected chi connectivity index (χ2v) is 18.0. The van der Waals surface area contributed by atoms with Crippen molar-refractivity contribution < 1.29 is 25.2 Å². The summed E-state index contributed by atoms with van der Waals surface area (Å²) in [5.74, 6) is 3.65. The van der Waals surface area contributed by atoms with Crippen LogP contribution in [-0.2, 0) is 4.74 Å². The first-order valence-corrected chi connectivity index (χ1v) is 19.1. The molecule has 13 atom stereocenters. The smallest absolute Gasteiger partial charge is 0.0930 e. The summed E-state index contributed by atoms with van der Waals surface area (Å²) in [6, 6.07) is 0. The predicted octanol–water partition coefficient (Wildman–Crippen LogP) is 7.48. The molecule has 0 bridgehead atoms. The van der Waals surface area contributed by atoms with Crippen molar-refractivity contribution in [3.05, 3.63) is 12.2 Å². The SMILES string of the molecule is C=C1CC2(CCC(CCC3(O)CCCC(O)C3)C2)C2OC2(C)CCC2C1CC2(C1CCCCC1)C1CCC(C(O)C(C)O)C1. The molecule has 13 unspecified atom stereocenters. The highest BCUT2D eigenvalue weighted by Gasteiger charge is 2.68. The molecule has 6 saturated carbocycles. The summed E-state index contributed by atoms with van der Waals surface area (Å²) in [6.45, 7) is 9.08. The Kier molecular flexibility index (Phi) is 8.68. The minimum Gasteiger partial charge on any atom is -0.393 e. The van der Waals surface area contributed by atoms with E-state index in [0.717, 1.165) is 63.7 Å². The Bertz CT molecular complexity index is 1050. The molecule has 7 fully saturated rings. The van der Waals surface area contributed by atoms with Crippen LogP contribution in [0.3, 0.4) is 0 Å². The topological polar surface area (TPSA) is 93.5 Å². The Balaban J connectivity index is 1.08. The van der Waals surface area contributed by atoms with Crippen LogP contribution in [0.25, 0.3) is 0 Å². The lowest BCUT2D eigenvalue weighted by atomic mass is 9.40. The van der Waals surface area contributed by atoms with E-state index in [0.29, 0.717) is 41.6 Å². The Morgan fingerprint density at radius 3 is 2.43 bits per heavy atom. The third-order valence-electron chi connectivity index (χ3n) is 15.4. The number of epoxide rings is 1. The van der Waals surface area contributed by atoms with Crippen LogP contribution in [0, 0.1) is 46.3 Å². The summed E-state index contributed by atoms with van der Waals surface area (Å²) in [7, 11) is 0. The highest BCUT2D eigenvalue weighted by Crippen LogP contribution is 2.72. The molecule has 7 rings (SSSR count). The quantitative estimate of drug-likeness (QED) is 0.177. The zero-order valence-electron chi connectivity index (χ0n) is 28.0. The van der Waals surface area contributed by atoms with Crippen LogP contribution in [-0.4, -0.2) is 56.0 Å². The summed E-state index contributed by atoms with van der Waals surface area (Å²) in [4.78, 5) is 0. The van der Waals surface area contributed by atoms with Gasteiger partial charge in [0.05, 0.1) is 35.6 Å². The molecule has 4 N–H and O–H groups in total. The number of aliphatic hydroxyl groups is 4. The summed E-state index contributed by atoms with van der Waals surface area (Å²) < 4.78 is 6.78. The van der Waals surface area contributed by atoms with E-state index in [1.807, 2.05) is 0 Å². The molecule has 5 heteroatoms. The highest BCUT2D eigenvalue weighted by molar-refractivity contribution is 5.25. The number of ether oxygens (including phenoxy) is 1. The van der Waals surface area contributed by atoms with E-state index in [1.54, 1.807) is 6.92 Å². The average molecular weight is 613 g/mol. The molecule has 6 aliphatic carbocycles. The number of hydrogen-bond donors (Lipinski definition) is 4. The van der Waals surface area contributed by atoms with Crippen LogP contribution in [0.2, 0.25) is 0 Å². The van der Waals surface area contributed by atoms with Gasteiger partial charge in [-0.05, 0) is 164 Å². The first-order chi connectivity index (χ1) is 21.0. The van der Waals surface area contributed by atoms with Gasteiger partial charge in [-0.15, -0.1) is 0 Å². The Labute approximate surface area is 267 Å². The number of allylic oxidation sites excluding steroid dienone is 1. The number of rotatable bonds is 7. The van der Waals surface area contributed by atoms with E-state index >= 15 is 0 Å². The molecule has 1 saturated heterocycles. The Morgan fingerprint density at radius 1 is 0.886 bits per heavy atom. The van der Waals surface area contributed by atoms with Crippen LogP contribution in [0.15, 0.2) is 12.2 Å². The molecule has 0 aromatic carbocycles. The lowest BCUT2D eigenvalue weighted by molar-refractivity contribution is -0.140. The highest BCUT2D eigenvalue weighted by atomic mass is 16.6. The summed E-state index contributed by atoms with van der Waals surface area (Å²) in [5.41, 5.74) is 1.39. The van der Waals surface area contributed by atoms with Crippen LogP contribution in [0.5, 0.6) is 0 Å². The van der Waals surface area contributed by atoms with E-state index in [9.17, 15) is 20.4 Å². The van der Waals surface area contributed by atoms with Crippen molar-refractivity contribution in [1.82, 2.24) is 0 Å². The van der Waals surface area contributed by atoms with Gasteiger partial charge in [0.1, 0.15) is 0 Å². The molecular formula is C39H64O5. The van der Waals surface area contributed by atoms with Gasteiger partial charge in [-0.2, -0.15) is 0 Å². The van der Waals surface area contributed by atoms with Crippen molar-refractivity contribution in [2.24, 2.45) is 46.3 Å². The van der Waals surface area contributed by atoms with Gasteiger partial charge in [-0.3, -0.25) is 0 Å². The van der Waals surface area contributed by atoms with Gasteiger partial charge < -0.3 is 25.2 Å². The lowest BCUT2D eigenvalue weighted by Crippen LogP contribution is -2.57. The maximum Gasteiger partial charge on any atom is 0.0930 e.